The number of anilines is 5. The lowest BCUT2D eigenvalue weighted by Gasteiger charge is -2.16. The van der Waals surface area contributed by atoms with Crippen LogP contribution in [0.4, 0.5) is 28.8 Å². The first-order valence-electron chi connectivity index (χ1n) is 14.6. The molecule has 0 radical (unpaired) electrons. The molecule has 6 rings (SSSR count). The fourth-order valence-corrected chi connectivity index (χ4v) is 5.26. The van der Waals surface area contributed by atoms with E-state index >= 15 is 0 Å². The molecule has 3 aromatic carbocycles. The fourth-order valence-electron chi connectivity index (χ4n) is 5.26. The average molecular weight is 615 g/mol. The molecule has 6 aromatic rings. The highest BCUT2D eigenvalue weighted by Gasteiger charge is 2.18. The number of aryl methyl sites for hydroxylation is 1. The third-order valence-corrected chi connectivity index (χ3v) is 7.71. The highest BCUT2D eigenvalue weighted by molar-refractivity contribution is 6.16. The van der Waals surface area contributed by atoms with Gasteiger partial charge >= 0.3 is 0 Å². The molecule has 0 unspecified atom stereocenters. The summed E-state index contributed by atoms with van der Waals surface area (Å²) in [5, 5.41) is 12.3. The second kappa shape index (κ2) is 12.9. The maximum atomic E-state index is 13.9. The first-order chi connectivity index (χ1) is 22.4. The van der Waals surface area contributed by atoms with Gasteiger partial charge in [-0.3, -0.25) is 4.79 Å². The summed E-state index contributed by atoms with van der Waals surface area (Å²) in [7, 11) is 7.13. The van der Waals surface area contributed by atoms with E-state index in [0.29, 0.717) is 46.4 Å². The van der Waals surface area contributed by atoms with Crippen LogP contribution in [0.3, 0.4) is 0 Å². The van der Waals surface area contributed by atoms with Crippen molar-refractivity contribution in [2.24, 2.45) is 0 Å². The minimum atomic E-state index is -0.280. The molecule has 0 aliphatic heterocycles. The lowest BCUT2D eigenvalue weighted by Crippen LogP contribution is -2.14. The van der Waals surface area contributed by atoms with Crippen molar-refractivity contribution in [1.82, 2.24) is 19.9 Å². The molecule has 0 saturated heterocycles. The molecule has 0 aliphatic carbocycles. The van der Waals surface area contributed by atoms with Crippen molar-refractivity contribution in [3.63, 3.8) is 0 Å². The molecule has 0 saturated carbocycles. The number of aromatic nitrogens is 4. The number of fused-ring (bicyclic) bond motifs is 2. The van der Waals surface area contributed by atoms with Crippen LogP contribution in [0.1, 0.15) is 21.5 Å². The van der Waals surface area contributed by atoms with Gasteiger partial charge in [0.05, 0.1) is 42.9 Å². The van der Waals surface area contributed by atoms with Gasteiger partial charge in [0, 0.05) is 54.6 Å². The van der Waals surface area contributed by atoms with Gasteiger partial charge in [-0.25, -0.2) is 19.9 Å². The Balaban J connectivity index is 1.28. The Bertz CT molecular complexity index is 2050. The number of nitrogens with zero attached hydrogens (tertiary/aromatic N) is 5. The number of methoxy groups -OCH3 is 2. The van der Waals surface area contributed by atoms with E-state index in [1.807, 2.05) is 86.6 Å². The van der Waals surface area contributed by atoms with Gasteiger partial charge < -0.3 is 30.3 Å². The molecular formula is C35H34N8O3. The molecular weight excluding hydrogens is 580 g/mol. The number of rotatable bonds is 10. The third-order valence-electron chi connectivity index (χ3n) is 7.71. The molecule has 232 valence electrons. The number of benzene rings is 3. The van der Waals surface area contributed by atoms with E-state index in [1.54, 1.807) is 32.7 Å². The van der Waals surface area contributed by atoms with Crippen molar-refractivity contribution in [2.75, 3.05) is 49.2 Å². The van der Waals surface area contributed by atoms with E-state index < -0.39 is 0 Å². The van der Waals surface area contributed by atoms with Crippen molar-refractivity contribution < 1.29 is 14.3 Å². The van der Waals surface area contributed by atoms with Gasteiger partial charge in [0.2, 0.25) is 0 Å². The molecule has 46 heavy (non-hydrogen) atoms. The van der Waals surface area contributed by atoms with Gasteiger partial charge in [0.25, 0.3) is 5.91 Å². The number of ether oxygens (including phenoxy) is 2. The molecule has 11 nitrogen and oxygen atoms in total. The number of carbonyl (C=O) groups excluding carboxylic acids is 1. The Morgan fingerprint density at radius 3 is 2.48 bits per heavy atom. The summed E-state index contributed by atoms with van der Waals surface area (Å²) in [6.07, 6.45) is 4.95. The monoisotopic (exact) mass is 614 g/mol. The number of amides is 1. The van der Waals surface area contributed by atoms with Crippen LogP contribution >= 0.6 is 0 Å². The van der Waals surface area contributed by atoms with Gasteiger partial charge in [0.15, 0.2) is 0 Å². The Kier molecular flexibility index (Phi) is 8.46. The second-order valence-electron chi connectivity index (χ2n) is 10.8. The number of hydrogen-bond donors (Lipinski definition) is 3. The Labute approximate surface area is 266 Å². The Morgan fingerprint density at radius 1 is 0.848 bits per heavy atom. The van der Waals surface area contributed by atoms with Gasteiger partial charge in [-0.2, -0.15) is 0 Å². The molecule has 3 aromatic heterocycles. The van der Waals surface area contributed by atoms with Crippen LogP contribution in [0.5, 0.6) is 11.5 Å². The van der Waals surface area contributed by atoms with Crippen LogP contribution in [0.15, 0.2) is 85.5 Å². The summed E-state index contributed by atoms with van der Waals surface area (Å²) >= 11 is 0. The molecule has 0 fully saturated rings. The van der Waals surface area contributed by atoms with Gasteiger partial charge in [-0.15, -0.1) is 0 Å². The SMILES string of the molecule is COc1ccc(CNc2ncnc3c(C(=O)Nc4c(C)ccc5c(Nc6ccc(N(C)C)nc6)nccc45)cccc23)c(OC)c1. The largest absolute Gasteiger partial charge is 0.497 e. The second-order valence-corrected chi connectivity index (χ2v) is 10.8. The summed E-state index contributed by atoms with van der Waals surface area (Å²) in [5.41, 5.74) is 4.32. The standard InChI is InChI=1S/C35H34N8O3/c1-21-9-13-26-25(15-16-36-34(26)41-23-11-14-30(37-19-23)43(2)3)31(21)42-35(44)28-8-6-7-27-32(28)39-20-40-33(27)38-18-22-10-12-24(45-4)17-29(22)46-5/h6-17,19-20H,18H2,1-5H3,(H,36,41)(H,42,44)(H,38,39,40). The number of carbonyl (C=O) groups is 1. The molecule has 0 aliphatic rings. The molecule has 0 atom stereocenters. The summed E-state index contributed by atoms with van der Waals surface area (Å²) in [6, 6.07) is 20.9. The molecule has 11 heteroatoms. The summed E-state index contributed by atoms with van der Waals surface area (Å²) < 4.78 is 10.9. The molecule has 1 amide bonds. The molecule has 3 N–H and O–H groups in total. The zero-order valence-corrected chi connectivity index (χ0v) is 26.3. The van der Waals surface area contributed by atoms with Crippen LogP contribution in [-0.2, 0) is 6.54 Å². The van der Waals surface area contributed by atoms with E-state index in [2.05, 4.69) is 35.9 Å². The third kappa shape index (κ3) is 6.03. The normalized spacial score (nSPS) is 10.9. The van der Waals surface area contributed by atoms with Gasteiger partial charge in [-0.05, 0) is 55.0 Å². The number of pyridine rings is 2. The van der Waals surface area contributed by atoms with E-state index in [9.17, 15) is 4.79 Å². The highest BCUT2D eigenvalue weighted by atomic mass is 16.5. The predicted octanol–water partition coefficient (Wildman–Crippen LogP) is 6.57. The lowest BCUT2D eigenvalue weighted by atomic mass is 10.0. The van der Waals surface area contributed by atoms with Crippen molar-refractivity contribution in [1.29, 1.82) is 0 Å². The van der Waals surface area contributed by atoms with Crippen molar-refractivity contribution in [2.45, 2.75) is 13.5 Å². The van der Waals surface area contributed by atoms with Crippen molar-refractivity contribution in [3.05, 3.63) is 102 Å². The summed E-state index contributed by atoms with van der Waals surface area (Å²) in [5.74, 6) is 3.25. The van der Waals surface area contributed by atoms with Crippen molar-refractivity contribution in [3.8, 4) is 11.5 Å². The smallest absolute Gasteiger partial charge is 0.257 e. The van der Waals surface area contributed by atoms with Gasteiger partial charge in [0.1, 0.15) is 35.3 Å². The predicted molar refractivity (Wildman–Crippen MR) is 183 cm³/mol. The molecule has 0 spiro atoms. The minimum absolute atomic E-state index is 0.280. The number of nitrogens with one attached hydrogen (secondary N) is 3. The lowest BCUT2D eigenvalue weighted by molar-refractivity contribution is 0.102. The van der Waals surface area contributed by atoms with E-state index in [-0.39, 0.29) is 5.91 Å². The Morgan fingerprint density at radius 2 is 1.72 bits per heavy atom. The molecule has 3 heterocycles. The first kappa shape index (κ1) is 30.1. The maximum Gasteiger partial charge on any atom is 0.257 e. The van der Waals surface area contributed by atoms with E-state index in [4.69, 9.17) is 9.47 Å². The molecule has 0 bridgehead atoms. The highest BCUT2D eigenvalue weighted by Crippen LogP contribution is 2.33. The quantitative estimate of drug-likeness (QED) is 0.156. The van der Waals surface area contributed by atoms with Crippen LogP contribution in [0, 0.1) is 6.92 Å². The minimum Gasteiger partial charge on any atom is -0.497 e. The van der Waals surface area contributed by atoms with Crippen LogP contribution in [0.2, 0.25) is 0 Å². The zero-order valence-electron chi connectivity index (χ0n) is 26.3. The van der Waals surface area contributed by atoms with Gasteiger partial charge in [-0.1, -0.05) is 18.2 Å². The van der Waals surface area contributed by atoms with Crippen molar-refractivity contribution >= 4 is 56.4 Å². The average Bonchev–Trinajstić information content (AvgIpc) is 3.08. The van der Waals surface area contributed by atoms with Crippen LogP contribution < -0.4 is 30.3 Å². The van der Waals surface area contributed by atoms with E-state index in [0.717, 1.165) is 38.8 Å². The summed E-state index contributed by atoms with van der Waals surface area (Å²) in [4.78, 5) is 33.8. The summed E-state index contributed by atoms with van der Waals surface area (Å²) in [6.45, 7) is 2.42. The topological polar surface area (TPSA) is 126 Å². The number of hydrogen-bond acceptors (Lipinski definition) is 10. The van der Waals surface area contributed by atoms with E-state index in [1.165, 1.54) is 6.33 Å². The van der Waals surface area contributed by atoms with Crippen LogP contribution in [0.25, 0.3) is 21.7 Å². The zero-order chi connectivity index (χ0) is 32.2. The fraction of sp³-hybridized carbons (Fsp3) is 0.171. The maximum absolute atomic E-state index is 13.9. The number of para-hydroxylation sites is 1. The Hall–Kier alpha value is -5.97. The van der Waals surface area contributed by atoms with Crippen LogP contribution in [-0.4, -0.2) is 54.2 Å². The first-order valence-corrected chi connectivity index (χ1v) is 14.6.